The fraction of sp³-hybridized carbons (Fsp3) is 0.407. The second-order valence-electron chi connectivity index (χ2n) is 9.06. The van der Waals surface area contributed by atoms with Gasteiger partial charge >= 0.3 is 0 Å². The van der Waals surface area contributed by atoms with Crippen molar-refractivity contribution in [2.24, 2.45) is 0 Å². The largest absolute Gasteiger partial charge is 0.497 e. The Morgan fingerprint density at radius 3 is 2.56 bits per heavy atom. The maximum atomic E-state index is 13.3. The quantitative estimate of drug-likeness (QED) is 0.573. The van der Waals surface area contributed by atoms with Crippen LogP contribution in [0.4, 0.5) is 5.69 Å². The maximum Gasteiger partial charge on any atom is 0.252 e. The molecule has 7 heteroatoms. The molecule has 0 aliphatic carbocycles. The zero-order valence-corrected chi connectivity index (χ0v) is 20.8. The first-order chi connectivity index (χ1) is 16.4. The minimum Gasteiger partial charge on any atom is -0.497 e. The van der Waals surface area contributed by atoms with Gasteiger partial charge < -0.3 is 19.9 Å². The average molecular weight is 462 g/mol. The van der Waals surface area contributed by atoms with Gasteiger partial charge in [-0.3, -0.25) is 9.48 Å². The second kappa shape index (κ2) is 10.3. The number of piperazine rings is 1. The van der Waals surface area contributed by atoms with Crippen LogP contribution in [0.25, 0.3) is 11.1 Å². The molecular weight excluding hydrogens is 426 g/mol. The fourth-order valence-electron chi connectivity index (χ4n) is 4.32. The van der Waals surface area contributed by atoms with Crippen LogP contribution in [0, 0.1) is 6.92 Å². The van der Waals surface area contributed by atoms with Gasteiger partial charge in [0.1, 0.15) is 5.75 Å². The lowest BCUT2D eigenvalue weighted by Gasteiger charge is -2.34. The summed E-state index contributed by atoms with van der Waals surface area (Å²) >= 11 is 0. The van der Waals surface area contributed by atoms with E-state index in [2.05, 4.69) is 46.3 Å². The summed E-state index contributed by atoms with van der Waals surface area (Å²) < 4.78 is 7.45. The van der Waals surface area contributed by atoms with Crippen molar-refractivity contribution >= 4 is 11.6 Å². The molecule has 1 N–H and O–H groups in total. The van der Waals surface area contributed by atoms with Gasteiger partial charge in [0.2, 0.25) is 0 Å². The number of aryl methyl sites for hydroxylation is 2. The standard InChI is InChI=1S/C27H35N5O2/c1-6-32-18-23(17-28-32)22-13-21(14-25(15-22)34-5)20(3)29-27(33)26-16-24(8-7-19(26)2)31-11-9-30(4)10-12-31/h7-8,13-18,20H,6,9-12H2,1-5H3,(H,29,33)/t20-/m1/s1. The Kier molecular flexibility index (Phi) is 7.22. The third-order valence-corrected chi connectivity index (χ3v) is 6.64. The van der Waals surface area contributed by atoms with Crippen LogP contribution in [0.15, 0.2) is 48.8 Å². The number of methoxy groups -OCH3 is 1. The number of nitrogens with zero attached hydrogens (tertiary/aromatic N) is 4. The molecule has 3 aromatic rings. The van der Waals surface area contributed by atoms with Gasteiger partial charge in [0, 0.05) is 55.7 Å². The second-order valence-corrected chi connectivity index (χ2v) is 9.06. The molecule has 1 amide bonds. The summed E-state index contributed by atoms with van der Waals surface area (Å²) in [6, 6.07) is 12.1. The third kappa shape index (κ3) is 5.25. The summed E-state index contributed by atoms with van der Waals surface area (Å²) in [5.41, 5.74) is 5.82. The Morgan fingerprint density at radius 1 is 1.12 bits per heavy atom. The molecule has 180 valence electrons. The Balaban J connectivity index is 1.54. The number of carbonyl (C=O) groups excluding carboxylic acids is 1. The van der Waals surface area contributed by atoms with Crippen LogP contribution in [0.1, 0.15) is 41.4 Å². The van der Waals surface area contributed by atoms with E-state index in [-0.39, 0.29) is 11.9 Å². The van der Waals surface area contributed by atoms with Crippen molar-refractivity contribution in [3.8, 4) is 16.9 Å². The predicted octanol–water partition coefficient (Wildman–Crippen LogP) is 4.13. The van der Waals surface area contributed by atoms with Gasteiger partial charge in [-0.2, -0.15) is 5.10 Å². The predicted molar refractivity (Wildman–Crippen MR) is 137 cm³/mol. The number of rotatable bonds is 7. The first-order valence-electron chi connectivity index (χ1n) is 11.9. The summed E-state index contributed by atoms with van der Waals surface area (Å²) in [5.74, 6) is 0.690. The number of ether oxygens (including phenoxy) is 1. The number of hydrogen-bond acceptors (Lipinski definition) is 5. The van der Waals surface area contributed by atoms with Crippen molar-refractivity contribution in [3.63, 3.8) is 0 Å². The molecule has 7 nitrogen and oxygen atoms in total. The highest BCUT2D eigenvalue weighted by Gasteiger charge is 2.19. The monoisotopic (exact) mass is 461 g/mol. The van der Waals surface area contributed by atoms with E-state index in [1.165, 1.54) is 0 Å². The van der Waals surface area contributed by atoms with Crippen LogP contribution in [0.2, 0.25) is 0 Å². The number of likely N-dealkylation sites (N-methyl/N-ethyl adjacent to an activating group) is 1. The molecule has 34 heavy (non-hydrogen) atoms. The van der Waals surface area contributed by atoms with Gasteiger partial charge in [-0.25, -0.2) is 0 Å². The molecule has 1 aromatic heterocycles. The van der Waals surface area contributed by atoms with Crippen LogP contribution in [0.3, 0.4) is 0 Å². The highest BCUT2D eigenvalue weighted by atomic mass is 16.5. The number of aromatic nitrogens is 2. The first kappa shape index (κ1) is 23.8. The molecule has 2 aromatic carbocycles. The lowest BCUT2D eigenvalue weighted by atomic mass is 10.0. The number of hydrogen-bond donors (Lipinski definition) is 1. The van der Waals surface area contributed by atoms with E-state index in [0.29, 0.717) is 0 Å². The van der Waals surface area contributed by atoms with Crippen molar-refractivity contribution in [2.75, 3.05) is 45.2 Å². The van der Waals surface area contributed by atoms with Crippen LogP contribution >= 0.6 is 0 Å². The van der Waals surface area contributed by atoms with Gasteiger partial charge in [0.15, 0.2) is 0 Å². The molecule has 2 heterocycles. The average Bonchev–Trinajstić information content (AvgIpc) is 3.34. The third-order valence-electron chi connectivity index (χ3n) is 6.64. The number of amides is 1. The van der Waals surface area contributed by atoms with Crippen LogP contribution in [-0.4, -0.2) is 60.9 Å². The smallest absolute Gasteiger partial charge is 0.252 e. The van der Waals surface area contributed by atoms with E-state index < -0.39 is 0 Å². The summed E-state index contributed by atoms with van der Waals surface area (Å²) in [7, 11) is 3.81. The molecule has 0 saturated carbocycles. The summed E-state index contributed by atoms with van der Waals surface area (Å²) in [4.78, 5) is 18.0. The van der Waals surface area contributed by atoms with E-state index in [1.807, 2.05) is 55.2 Å². The molecule has 1 saturated heterocycles. The summed E-state index contributed by atoms with van der Waals surface area (Å²) in [6.45, 7) is 10.9. The molecular formula is C27H35N5O2. The molecule has 4 rings (SSSR count). The Labute approximate surface area is 202 Å². The molecule has 0 radical (unpaired) electrons. The van der Waals surface area contributed by atoms with Crippen LogP contribution < -0.4 is 15.0 Å². The van der Waals surface area contributed by atoms with E-state index in [4.69, 9.17) is 4.74 Å². The van der Waals surface area contributed by atoms with Gasteiger partial charge in [0.05, 0.1) is 19.3 Å². The first-order valence-corrected chi connectivity index (χ1v) is 11.9. The number of carbonyl (C=O) groups is 1. The van der Waals surface area contributed by atoms with E-state index in [1.54, 1.807) is 7.11 Å². The highest BCUT2D eigenvalue weighted by molar-refractivity contribution is 5.97. The lowest BCUT2D eigenvalue weighted by molar-refractivity contribution is 0.0939. The number of nitrogens with one attached hydrogen (secondary N) is 1. The Hall–Kier alpha value is -3.32. The fourth-order valence-corrected chi connectivity index (χ4v) is 4.32. The molecule has 0 bridgehead atoms. The molecule has 1 aliphatic rings. The summed E-state index contributed by atoms with van der Waals surface area (Å²) in [6.07, 6.45) is 3.88. The van der Waals surface area contributed by atoms with Crippen molar-refractivity contribution in [3.05, 3.63) is 65.5 Å². The van der Waals surface area contributed by atoms with Gasteiger partial charge in [-0.15, -0.1) is 0 Å². The van der Waals surface area contributed by atoms with Crippen LogP contribution in [-0.2, 0) is 6.54 Å². The number of benzene rings is 2. The Morgan fingerprint density at radius 2 is 1.88 bits per heavy atom. The van der Waals surface area contributed by atoms with E-state index >= 15 is 0 Å². The minimum absolute atomic E-state index is 0.0656. The molecule has 1 fully saturated rings. The van der Waals surface area contributed by atoms with Gasteiger partial charge in [0.25, 0.3) is 5.91 Å². The molecule has 1 aliphatic heterocycles. The maximum absolute atomic E-state index is 13.3. The summed E-state index contributed by atoms with van der Waals surface area (Å²) in [5, 5.41) is 7.58. The van der Waals surface area contributed by atoms with Crippen molar-refractivity contribution in [1.29, 1.82) is 0 Å². The Bertz CT molecular complexity index is 1150. The topological polar surface area (TPSA) is 62.6 Å². The molecule has 0 unspecified atom stereocenters. The minimum atomic E-state index is -0.186. The highest BCUT2D eigenvalue weighted by Crippen LogP contribution is 2.29. The van der Waals surface area contributed by atoms with Gasteiger partial charge in [-0.1, -0.05) is 6.07 Å². The lowest BCUT2D eigenvalue weighted by Crippen LogP contribution is -2.44. The molecule has 1 atom stereocenters. The van der Waals surface area contributed by atoms with Gasteiger partial charge in [-0.05, 0) is 74.8 Å². The van der Waals surface area contributed by atoms with Crippen molar-refractivity contribution in [2.45, 2.75) is 33.4 Å². The molecule has 0 spiro atoms. The van der Waals surface area contributed by atoms with Crippen molar-refractivity contribution in [1.82, 2.24) is 20.0 Å². The zero-order valence-electron chi connectivity index (χ0n) is 20.8. The SMILES string of the molecule is CCn1cc(-c2cc(OC)cc([C@@H](C)NC(=O)c3cc(N4CCN(C)CC4)ccc3C)c2)cn1. The van der Waals surface area contributed by atoms with Crippen LogP contribution in [0.5, 0.6) is 5.75 Å². The normalized spacial score (nSPS) is 15.3. The van der Waals surface area contributed by atoms with E-state index in [0.717, 1.165) is 72.0 Å². The number of anilines is 1. The van der Waals surface area contributed by atoms with Crippen molar-refractivity contribution < 1.29 is 9.53 Å². The van der Waals surface area contributed by atoms with E-state index in [9.17, 15) is 4.79 Å². The zero-order chi connectivity index (χ0) is 24.2.